The molecule has 0 spiro atoms. The summed E-state index contributed by atoms with van der Waals surface area (Å²) in [6.45, 7) is 6.57. The van der Waals surface area contributed by atoms with Gasteiger partial charge in [0.25, 0.3) is 0 Å². The zero-order valence-electron chi connectivity index (χ0n) is 11.2. The van der Waals surface area contributed by atoms with Gasteiger partial charge in [0.2, 0.25) is 0 Å². The van der Waals surface area contributed by atoms with Crippen molar-refractivity contribution in [3.8, 4) is 5.75 Å². The molecule has 3 nitrogen and oxygen atoms in total. The van der Waals surface area contributed by atoms with Crippen molar-refractivity contribution in [3.05, 3.63) is 23.8 Å². The Morgan fingerprint density at radius 1 is 1.47 bits per heavy atom. The minimum Gasteiger partial charge on any atom is -0.598 e. The van der Waals surface area contributed by atoms with Gasteiger partial charge in [0.1, 0.15) is 10.5 Å². The maximum atomic E-state index is 12.2. The monoisotopic (exact) mass is 363 g/mol. The minimum absolute atomic E-state index is 0.0955. The SMILES string of the molecule is CC(C)(C)[S+]([O-])NC1CCOc2cc(SBr)ccc21. The zero-order chi connectivity index (χ0) is 14.0. The van der Waals surface area contributed by atoms with Crippen molar-refractivity contribution in [2.75, 3.05) is 6.61 Å². The standard InChI is InChI=1S/C13H18BrNO2S2/c1-13(2,3)19(16)15-11-6-7-17-12-8-9(18-14)4-5-10(11)12/h4-5,8,11,15H,6-7H2,1-3H3. The van der Waals surface area contributed by atoms with Crippen molar-refractivity contribution in [2.24, 2.45) is 0 Å². The number of ether oxygens (including phenoxy) is 1. The van der Waals surface area contributed by atoms with Gasteiger partial charge in [-0.15, -0.1) is 4.72 Å². The van der Waals surface area contributed by atoms with Gasteiger partial charge in [0, 0.05) is 28.2 Å². The summed E-state index contributed by atoms with van der Waals surface area (Å²) in [5, 5.41) is 0. The molecule has 1 aromatic rings. The van der Waals surface area contributed by atoms with Crippen LogP contribution in [0.3, 0.4) is 0 Å². The first-order valence-corrected chi connectivity index (χ1v) is 9.96. The molecule has 0 fully saturated rings. The highest BCUT2D eigenvalue weighted by molar-refractivity contribution is 9.50. The Morgan fingerprint density at radius 3 is 2.84 bits per heavy atom. The molecule has 0 radical (unpaired) electrons. The fourth-order valence-corrected chi connectivity index (χ4v) is 3.58. The Bertz CT molecular complexity index is 451. The van der Waals surface area contributed by atoms with Crippen molar-refractivity contribution in [2.45, 2.75) is 42.9 Å². The van der Waals surface area contributed by atoms with Crippen LogP contribution in [0.15, 0.2) is 23.1 Å². The van der Waals surface area contributed by atoms with Crippen LogP contribution in [0.5, 0.6) is 5.75 Å². The fourth-order valence-electron chi connectivity index (χ4n) is 1.85. The van der Waals surface area contributed by atoms with Crippen LogP contribution >= 0.6 is 25.0 Å². The highest BCUT2D eigenvalue weighted by atomic mass is 79.9. The molecule has 0 saturated carbocycles. The Kier molecular flexibility index (Phi) is 5.11. The topological polar surface area (TPSA) is 44.3 Å². The van der Waals surface area contributed by atoms with Crippen molar-refractivity contribution < 1.29 is 9.29 Å². The third kappa shape index (κ3) is 3.82. The number of nitrogens with one attached hydrogen (secondary N) is 1. The average Bonchev–Trinajstić information content (AvgIpc) is 2.37. The van der Waals surface area contributed by atoms with E-state index in [9.17, 15) is 4.55 Å². The Morgan fingerprint density at radius 2 is 2.21 bits per heavy atom. The van der Waals surface area contributed by atoms with Crippen LogP contribution in [0.25, 0.3) is 0 Å². The first kappa shape index (κ1) is 15.5. The van der Waals surface area contributed by atoms with E-state index in [4.69, 9.17) is 4.74 Å². The van der Waals surface area contributed by atoms with E-state index >= 15 is 0 Å². The van der Waals surface area contributed by atoms with Crippen LogP contribution < -0.4 is 9.46 Å². The zero-order valence-corrected chi connectivity index (χ0v) is 14.5. The van der Waals surface area contributed by atoms with Crippen molar-refractivity contribution in [3.63, 3.8) is 0 Å². The molecule has 0 aromatic heterocycles. The van der Waals surface area contributed by atoms with Crippen molar-refractivity contribution in [1.29, 1.82) is 0 Å². The van der Waals surface area contributed by atoms with Crippen LogP contribution in [0.2, 0.25) is 0 Å². The second kappa shape index (κ2) is 6.26. The second-order valence-electron chi connectivity index (χ2n) is 5.47. The third-order valence-corrected chi connectivity index (χ3v) is 6.08. The van der Waals surface area contributed by atoms with Gasteiger partial charge in [-0.3, -0.25) is 0 Å². The first-order chi connectivity index (χ1) is 8.91. The van der Waals surface area contributed by atoms with E-state index in [0.717, 1.165) is 22.6 Å². The van der Waals surface area contributed by atoms with Gasteiger partial charge in [0.15, 0.2) is 0 Å². The van der Waals surface area contributed by atoms with Crippen LogP contribution in [0, 0.1) is 0 Å². The molecule has 2 rings (SSSR count). The molecule has 1 heterocycles. The summed E-state index contributed by atoms with van der Waals surface area (Å²) >= 11 is 2.29. The molecule has 19 heavy (non-hydrogen) atoms. The summed E-state index contributed by atoms with van der Waals surface area (Å²) in [5.74, 6) is 0.888. The summed E-state index contributed by atoms with van der Waals surface area (Å²) in [5.41, 5.74) is 1.09. The quantitative estimate of drug-likeness (QED) is 0.825. The predicted molar refractivity (Wildman–Crippen MR) is 85.1 cm³/mol. The lowest BCUT2D eigenvalue weighted by Crippen LogP contribution is -2.42. The van der Waals surface area contributed by atoms with E-state index in [2.05, 4.69) is 25.6 Å². The third-order valence-electron chi connectivity index (χ3n) is 2.92. The number of hydrogen-bond donors (Lipinski definition) is 1. The molecule has 1 aliphatic heterocycles. The molecule has 1 N–H and O–H groups in total. The normalized spacial score (nSPS) is 20.6. The van der Waals surface area contributed by atoms with Crippen LogP contribution in [0.4, 0.5) is 0 Å². The molecule has 2 unspecified atom stereocenters. The fraction of sp³-hybridized carbons (Fsp3) is 0.538. The minimum atomic E-state index is -1.07. The highest BCUT2D eigenvalue weighted by Gasteiger charge is 2.32. The van der Waals surface area contributed by atoms with Gasteiger partial charge in [0.05, 0.1) is 12.6 Å². The second-order valence-corrected chi connectivity index (χ2v) is 9.06. The maximum absolute atomic E-state index is 12.2. The van der Waals surface area contributed by atoms with E-state index in [0.29, 0.717) is 6.61 Å². The summed E-state index contributed by atoms with van der Waals surface area (Å²) < 4.78 is 20.9. The number of fused-ring (bicyclic) bond motifs is 1. The van der Waals surface area contributed by atoms with E-state index in [1.54, 1.807) is 0 Å². The number of halogens is 1. The van der Waals surface area contributed by atoms with Gasteiger partial charge in [-0.25, -0.2) is 0 Å². The van der Waals surface area contributed by atoms with E-state index in [-0.39, 0.29) is 10.8 Å². The van der Waals surface area contributed by atoms with Crippen LogP contribution in [-0.4, -0.2) is 15.9 Å². The molecule has 106 valence electrons. The van der Waals surface area contributed by atoms with Gasteiger partial charge in [-0.1, -0.05) is 6.07 Å². The molecular weight excluding hydrogens is 346 g/mol. The summed E-state index contributed by atoms with van der Waals surface area (Å²) in [6.07, 6.45) is 0.843. The molecular formula is C13H18BrNO2S2. The number of hydrogen-bond acceptors (Lipinski definition) is 4. The lowest BCUT2D eigenvalue weighted by atomic mass is 10.0. The largest absolute Gasteiger partial charge is 0.598 e. The van der Waals surface area contributed by atoms with E-state index in [1.807, 2.05) is 32.9 Å². The van der Waals surface area contributed by atoms with Crippen LogP contribution in [0.1, 0.15) is 38.8 Å². The summed E-state index contributed by atoms with van der Waals surface area (Å²) in [6, 6.07) is 6.21. The van der Waals surface area contributed by atoms with Gasteiger partial charge in [-0.2, -0.15) is 0 Å². The van der Waals surface area contributed by atoms with Gasteiger partial charge >= 0.3 is 0 Å². The Hall–Kier alpha value is 0.120. The van der Waals surface area contributed by atoms with E-state index < -0.39 is 11.4 Å². The molecule has 1 aromatic carbocycles. The van der Waals surface area contributed by atoms with Crippen molar-refractivity contribution in [1.82, 2.24) is 4.72 Å². The Balaban J connectivity index is 2.18. The Labute approximate surface area is 129 Å². The lowest BCUT2D eigenvalue weighted by molar-refractivity contribution is 0.262. The summed E-state index contributed by atoms with van der Waals surface area (Å²) in [7, 11) is 1.51. The van der Waals surface area contributed by atoms with Crippen LogP contribution in [-0.2, 0) is 11.4 Å². The molecule has 2 atom stereocenters. The highest BCUT2D eigenvalue weighted by Crippen LogP contribution is 2.37. The maximum Gasteiger partial charge on any atom is 0.136 e. The first-order valence-electron chi connectivity index (χ1n) is 6.15. The number of rotatable bonds is 3. The predicted octanol–water partition coefficient (Wildman–Crippen LogP) is 3.96. The van der Waals surface area contributed by atoms with Crippen molar-refractivity contribution >= 4 is 36.4 Å². The summed E-state index contributed by atoms with van der Waals surface area (Å²) in [4.78, 5) is 1.11. The molecule has 6 heteroatoms. The average molecular weight is 364 g/mol. The van der Waals surface area contributed by atoms with Gasteiger partial charge in [-0.05, 0) is 57.9 Å². The lowest BCUT2D eigenvalue weighted by Gasteiger charge is -2.31. The molecule has 0 aliphatic carbocycles. The van der Waals surface area contributed by atoms with Gasteiger partial charge < -0.3 is 9.29 Å². The molecule has 0 amide bonds. The number of benzene rings is 1. The van der Waals surface area contributed by atoms with E-state index in [1.165, 1.54) is 10.2 Å². The smallest absolute Gasteiger partial charge is 0.136 e. The molecule has 0 bridgehead atoms. The molecule has 1 aliphatic rings. The molecule has 0 saturated heterocycles.